The predicted octanol–water partition coefficient (Wildman–Crippen LogP) is 3.94. The molecule has 0 aromatic heterocycles. The monoisotopic (exact) mass is 333 g/mol. The maximum atomic E-state index is 5.87. The molecule has 2 aromatic carbocycles. The summed E-state index contributed by atoms with van der Waals surface area (Å²) in [4.78, 5) is 12.0. The largest absolute Gasteiger partial charge is 0.372 e. The lowest BCUT2D eigenvalue weighted by Crippen LogP contribution is -2.48. The lowest BCUT2D eigenvalue weighted by Gasteiger charge is -2.36. The van der Waals surface area contributed by atoms with Gasteiger partial charge in [-0.15, -0.1) is 0 Å². The summed E-state index contributed by atoms with van der Waals surface area (Å²) < 4.78 is 5.87. The third-order valence-corrected chi connectivity index (χ3v) is 4.61. The van der Waals surface area contributed by atoms with Crippen molar-refractivity contribution >= 4 is 17.4 Å². The number of ether oxygens (including phenoxy) is 1. The summed E-state index contributed by atoms with van der Waals surface area (Å²) >= 11 is 0. The number of rotatable bonds is 1. The molecule has 0 N–H and O–H groups in total. The highest BCUT2D eigenvalue weighted by atomic mass is 16.5. The number of nitrogens with zero attached hydrogens (tertiary/aromatic N) is 3. The van der Waals surface area contributed by atoms with E-state index in [4.69, 9.17) is 14.7 Å². The Morgan fingerprint density at radius 2 is 1.60 bits per heavy atom. The van der Waals surface area contributed by atoms with Gasteiger partial charge in [-0.3, -0.25) is 0 Å². The molecular formula is C21H23N3O. The summed E-state index contributed by atoms with van der Waals surface area (Å²) in [6, 6.07) is 16.6. The van der Waals surface area contributed by atoms with Gasteiger partial charge in [0.1, 0.15) is 5.84 Å². The number of benzene rings is 2. The van der Waals surface area contributed by atoms with E-state index in [-0.39, 0.29) is 12.2 Å². The molecule has 0 bridgehead atoms. The second-order valence-electron chi connectivity index (χ2n) is 6.91. The van der Waals surface area contributed by atoms with Crippen LogP contribution >= 0.6 is 0 Å². The highest BCUT2D eigenvalue weighted by Gasteiger charge is 2.30. The molecule has 2 aliphatic heterocycles. The van der Waals surface area contributed by atoms with Crippen molar-refractivity contribution in [1.82, 2.24) is 4.90 Å². The van der Waals surface area contributed by atoms with Gasteiger partial charge in [0, 0.05) is 24.2 Å². The van der Waals surface area contributed by atoms with E-state index in [2.05, 4.69) is 56.0 Å². The molecule has 0 amide bonds. The van der Waals surface area contributed by atoms with Crippen molar-refractivity contribution < 1.29 is 4.74 Å². The Balaban J connectivity index is 1.73. The average molecular weight is 333 g/mol. The van der Waals surface area contributed by atoms with Crippen LogP contribution in [0.2, 0.25) is 0 Å². The first-order chi connectivity index (χ1) is 12.1. The minimum absolute atomic E-state index is 0.205. The van der Waals surface area contributed by atoms with E-state index in [0.29, 0.717) is 0 Å². The number of fused-ring (bicyclic) bond motifs is 1. The van der Waals surface area contributed by atoms with Gasteiger partial charge in [-0.25, -0.2) is 9.98 Å². The molecule has 0 spiro atoms. The maximum Gasteiger partial charge on any atom is 0.162 e. The molecule has 0 radical (unpaired) electrons. The topological polar surface area (TPSA) is 37.2 Å². The maximum absolute atomic E-state index is 5.87. The van der Waals surface area contributed by atoms with Crippen LogP contribution in [0.5, 0.6) is 0 Å². The minimum atomic E-state index is 0.205. The van der Waals surface area contributed by atoms with Crippen LogP contribution < -0.4 is 0 Å². The van der Waals surface area contributed by atoms with Crippen molar-refractivity contribution in [1.29, 1.82) is 0 Å². The van der Waals surface area contributed by atoms with Crippen LogP contribution in [-0.2, 0) is 4.74 Å². The molecule has 2 aliphatic rings. The molecule has 2 unspecified atom stereocenters. The van der Waals surface area contributed by atoms with Crippen molar-refractivity contribution in [2.75, 3.05) is 13.1 Å². The minimum Gasteiger partial charge on any atom is -0.372 e. The number of aryl methyl sites for hydroxylation is 1. The van der Waals surface area contributed by atoms with E-state index < -0.39 is 0 Å². The first-order valence-corrected chi connectivity index (χ1v) is 8.84. The quantitative estimate of drug-likeness (QED) is 0.792. The molecule has 128 valence electrons. The van der Waals surface area contributed by atoms with Crippen LogP contribution in [0.15, 0.2) is 58.5 Å². The Kier molecular flexibility index (Phi) is 4.14. The Bertz CT molecular complexity index is 828. The Labute approximate surface area is 148 Å². The van der Waals surface area contributed by atoms with Crippen LogP contribution in [0.25, 0.3) is 0 Å². The Morgan fingerprint density at radius 1 is 0.960 bits per heavy atom. The third kappa shape index (κ3) is 3.22. The first-order valence-electron chi connectivity index (χ1n) is 8.84. The van der Waals surface area contributed by atoms with Gasteiger partial charge in [0.25, 0.3) is 0 Å². The predicted molar refractivity (Wildman–Crippen MR) is 102 cm³/mol. The van der Waals surface area contributed by atoms with Gasteiger partial charge >= 0.3 is 0 Å². The summed E-state index contributed by atoms with van der Waals surface area (Å²) in [6.07, 6.45) is 0.411. The molecule has 2 atom stereocenters. The molecule has 4 heteroatoms. The fourth-order valence-corrected chi connectivity index (χ4v) is 3.51. The van der Waals surface area contributed by atoms with E-state index in [1.807, 2.05) is 18.2 Å². The van der Waals surface area contributed by atoms with Gasteiger partial charge in [0.05, 0.1) is 17.9 Å². The van der Waals surface area contributed by atoms with E-state index in [9.17, 15) is 0 Å². The van der Waals surface area contributed by atoms with Crippen molar-refractivity contribution in [2.45, 2.75) is 33.0 Å². The Morgan fingerprint density at radius 3 is 2.28 bits per heavy atom. The van der Waals surface area contributed by atoms with Gasteiger partial charge in [-0.05, 0) is 32.9 Å². The number of hydrogen-bond acceptors (Lipinski definition) is 3. The fraction of sp³-hybridized carbons (Fsp3) is 0.333. The van der Waals surface area contributed by atoms with Gasteiger partial charge in [0.2, 0.25) is 0 Å². The second-order valence-corrected chi connectivity index (χ2v) is 6.91. The summed E-state index contributed by atoms with van der Waals surface area (Å²) in [5.74, 6) is 1.81. The summed E-state index contributed by atoms with van der Waals surface area (Å²) in [5.41, 5.74) is 4.43. The number of morpholine rings is 1. The zero-order chi connectivity index (χ0) is 17.4. The molecule has 2 aromatic rings. The number of aliphatic imine (C=N–C) groups is 2. The van der Waals surface area contributed by atoms with Gasteiger partial charge in [0.15, 0.2) is 5.84 Å². The second kappa shape index (κ2) is 6.45. The standard InChI is InChI=1S/C21H23N3O/c1-14-8-10-17(11-9-14)22-20-18-6-4-5-7-19(18)21(23-20)24-12-15(2)25-16(3)13-24/h4-11,15-16H,12-13H2,1-3H3. The molecule has 2 heterocycles. The molecule has 25 heavy (non-hydrogen) atoms. The van der Waals surface area contributed by atoms with E-state index in [0.717, 1.165) is 41.6 Å². The van der Waals surface area contributed by atoms with Crippen molar-refractivity contribution in [3.8, 4) is 0 Å². The summed E-state index contributed by atoms with van der Waals surface area (Å²) in [7, 11) is 0. The smallest absolute Gasteiger partial charge is 0.162 e. The van der Waals surface area contributed by atoms with Crippen molar-refractivity contribution in [3.63, 3.8) is 0 Å². The zero-order valence-electron chi connectivity index (χ0n) is 14.9. The summed E-state index contributed by atoms with van der Waals surface area (Å²) in [5, 5.41) is 0. The lowest BCUT2D eigenvalue weighted by molar-refractivity contribution is -0.0477. The van der Waals surface area contributed by atoms with Crippen LogP contribution in [0, 0.1) is 6.92 Å². The van der Waals surface area contributed by atoms with E-state index in [1.165, 1.54) is 5.56 Å². The number of hydrogen-bond donors (Lipinski definition) is 0. The summed E-state index contributed by atoms with van der Waals surface area (Å²) in [6.45, 7) is 8.03. The SMILES string of the molecule is Cc1ccc(N=C2N=C(N3CC(C)OC(C)C3)c3ccccc32)cc1. The lowest BCUT2D eigenvalue weighted by atomic mass is 10.1. The molecular weight excluding hydrogens is 310 g/mol. The zero-order valence-corrected chi connectivity index (χ0v) is 14.9. The van der Waals surface area contributed by atoms with Gasteiger partial charge in [-0.2, -0.15) is 0 Å². The highest BCUT2D eigenvalue weighted by molar-refractivity contribution is 6.22. The van der Waals surface area contributed by atoms with Crippen LogP contribution in [0.4, 0.5) is 5.69 Å². The molecule has 1 fully saturated rings. The average Bonchev–Trinajstić information content (AvgIpc) is 2.95. The van der Waals surface area contributed by atoms with E-state index >= 15 is 0 Å². The van der Waals surface area contributed by atoms with E-state index in [1.54, 1.807) is 0 Å². The van der Waals surface area contributed by atoms with Gasteiger partial charge in [-0.1, -0.05) is 42.0 Å². The first kappa shape index (κ1) is 16.0. The van der Waals surface area contributed by atoms with Gasteiger partial charge < -0.3 is 9.64 Å². The molecule has 0 aliphatic carbocycles. The fourth-order valence-electron chi connectivity index (χ4n) is 3.51. The Hall–Kier alpha value is -2.46. The molecule has 4 rings (SSSR count). The van der Waals surface area contributed by atoms with Crippen LogP contribution in [-0.4, -0.2) is 41.9 Å². The molecule has 0 saturated carbocycles. The van der Waals surface area contributed by atoms with Crippen molar-refractivity contribution in [3.05, 3.63) is 65.2 Å². The molecule has 4 nitrogen and oxygen atoms in total. The van der Waals surface area contributed by atoms with Crippen molar-refractivity contribution in [2.24, 2.45) is 9.98 Å². The highest BCUT2D eigenvalue weighted by Crippen LogP contribution is 2.26. The van der Waals surface area contributed by atoms with Crippen LogP contribution in [0.3, 0.4) is 0 Å². The number of amidine groups is 2. The molecule has 1 saturated heterocycles. The normalized spacial score (nSPS) is 24.4. The third-order valence-electron chi connectivity index (χ3n) is 4.61. The van der Waals surface area contributed by atoms with Crippen LogP contribution in [0.1, 0.15) is 30.5 Å².